The van der Waals surface area contributed by atoms with Crippen molar-refractivity contribution in [1.29, 1.82) is 0 Å². The zero-order chi connectivity index (χ0) is 71.7. The van der Waals surface area contributed by atoms with Gasteiger partial charge in [0, 0.05) is 25.7 Å². The van der Waals surface area contributed by atoms with Crippen LogP contribution in [-0.4, -0.2) is 96.7 Å². The highest BCUT2D eigenvalue weighted by molar-refractivity contribution is 7.47. The summed E-state index contributed by atoms with van der Waals surface area (Å²) in [5.74, 6) is 0.958. The molecule has 0 heterocycles. The Morgan fingerprint density at radius 3 is 0.639 bits per heavy atom. The monoisotopic (exact) mass is 1420 g/mol. The van der Waals surface area contributed by atoms with Crippen molar-refractivity contribution in [3.63, 3.8) is 0 Å². The van der Waals surface area contributed by atoms with E-state index in [0.717, 1.165) is 114 Å². The molecule has 3 N–H and O–H groups in total. The first-order valence-corrected chi connectivity index (χ1v) is 43.2. The summed E-state index contributed by atoms with van der Waals surface area (Å²) in [6.45, 7) is 14.2. The lowest BCUT2D eigenvalue weighted by Gasteiger charge is -2.21. The molecule has 0 bridgehead atoms. The van der Waals surface area contributed by atoms with E-state index in [1.165, 1.54) is 199 Å². The number of ether oxygens (including phenoxy) is 4. The lowest BCUT2D eigenvalue weighted by molar-refractivity contribution is -0.161. The number of aliphatic hydroxyl groups excluding tert-OH is 1. The molecule has 0 saturated heterocycles. The molecule has 0 aliphatic rings. The highest BCUT2D eigenvalue weighted by atomic mass is 31.2. The summed E-state index contributed by atoms with van der Waals surface area (Å²) < 4.78 is 68.6. The van der Waals surface area contributed by atoms with Gasteiger partial charge in [-0.1, -0.05) is 344 Å². The van der Waals surface area contributed by atoms with Crippen LogP contribution in [-0.2, 0) is 65.4 Å². The van der Waals surface area contributed by atoms with Gasteiger partial charge in [-0.05, 0) is 49.4 Å². The topological polar surface area (TPSA) is 237 Å². The molecule has 0 aromatic heterocycles. The lowest BCUT2D eigenvalue weighted by Crippen LogP contribution is -2.30. The van der Waals surface area contributed by atoms with Gasteiger partial charge < -0.3 is 33.8 Å². The Morgan fingerprint density at radius 2 is 0.433 bits per heavy atom. The summed E-state index contributed by atoms with van der Waals surface area (Å²) in [5, 5.41) is 10.6. The van der Waals surface area contributed by atoms with Gasteiger partial charge in [-0.25, -0.2) is 9.13 Å². The van der Waals surface area contributed by atoms with Gasteiger partial charge in [0.15, 0.2) is 12.2 Å². The van der Waals surface area contributed by atoms with Crippen LogP contribution in [0.3, 0.4) is 0 Å². The number of hydrogen-bond donors (Lipinski definition) is 3. The van der Waals surface area contributed by atoms with E-state index in [9.17, 15) is 43.2 Å². The first-order chi connectivity index (χ1) is 46.6. The molecular formula is C78H152O17P2. The van der Waals surface area contributed by atoms with Crippen LogP contribution in [0.4, 0.5) is 0 Å². The highest BCUT2D eigenvalue weighted by Crippen LogP contribution is 2.45. The van der Waals surface area contributed by atoms with Crippen LogP contribution >= 0.6 is 15.6 Å². The molecule has 0 fully saturated rings. The van der Waals surface area contributed by atoms with Gasteiger partial charge >= 0.3 is 39.5 Å². The largest absolute Gasteiger partial charge is 0.472 e. The third kappa shape index (κ3) is 72.2. The van der Waals surface area contributed by atoms with Crippen molar-refractivity contribution < 1.29 is 80.2 Å². The third-order valence-corrected chi connectivity index (χ3v) is 20.0. The summed E-state index contributed by atoms with van der Waals surface area (Å²) >= 11 is 0. The molecule has 0 aliphatic carbocycles. The van der Waals surface area contributed by atoms with Crippen LogP contribution < -0.4 is 0 Å². The molecule has 0 rings (SSSR count). The van der Waals surface area contributed by atoms with E-state index in [4.69, 9.17) is 37.0 Å². The third-order valence-electron chi connectivity index (χ3n) is 18.1. The molecule has 0 spiro atoms. The van der Waals surface area contributed by atoms with Crippen LogP contribution in [0.15, 0.2) is 0 Å². The average Bonchev–Trinajstić information content (AvgIpc) is 1.17. The van der Waals surface area contributed by atoms with Crippen LogP contribution in [0.25, 0.3) is 0 Å². The van der Waals surface area contributed by atoms with Crippen molar-refractivity contribution in [2.75, 3.05) is 39.6 Å². The second-order valence-corrected chi connectivity index (χ2v) is 32.9. The van der Waals surface area contributed by atoms with E-state index >= 15 is 0 Å². The standard InChI is InChI=1S/C78H152O17P2/c1-68(2)54-46-38-30-22-15-11-9-10-12-18-27-36-44-52-60-77(82)94-73(64-88-75(80)58-50-42-34-26-19-13-16-23-31-39-47-55-69(3)4)66-92-96(84,85)90-62-72(79)63-91-97(86,87)93-67-74(65-89-76(81)59-51-43-35-29-21-25-33-41-49-57-71(7)8)95-78(83)61-53-45-37-28-20-14-17-24-32-40-48-56-70(5)6/h68-74,79H,9-67H2,1-8H3,(H,84,85)(H,86,87)/t72-,73-,74-/m1/s1. The first-order valence-electron chi connectivity index (χ1n) is 40.2. The molecule has 0 amide bonds. The summed E-state index contributed by atoms with van der Waals surface area (Å²) in [6, 6.07) is 0. The Hall–Kier alpha value is -1.94. The Balaban J connectivity index is 5.27. The number of esters is 4. The molecule has 576 valence electrons. The minimum Gasteiger partial charge on any atom is -0.462 e. The molecule has 17 nitrogen and oxygen atoms in total. The van der Waals surface area contributed by atoms with E-state index in [2.05, 4.69) is 55.4 Å². The molecular weight excluding hydrogens is 1270 g/mol. The maximum Gasteiger partial charge on any atom is 0.472 e. The van der Waals surface area contributed by atoms with E-state index in [0.29, 0.717) is 25.7 Å². The molecule has 0 saturated carbocycles. The fraction of sp³-hybridized carbons (Fsp3) is 0.949. The number of carbonyl (C=O) groups is 4. The zero-order valence-electron chi connectivity index (χ0n) is 63.7. The van der Waals surface area contributed by atoms with Crippen LogP contribution in [0, 0.1) is 23.7 Å². The average molecular weight is 1420 g/mol. The molecule has 0 aromatic carbocycles. The van der Waals surface area contributed by atoms with E-state index in [1.54, 1.807) is 0 Å². The number of carbonyl (C=O) groups excluding carboxylic acids is 4. The van der Waals surface area contributed by atoms with Crippen LogP contribution in [0.5, 0.6) is 0 Å². The lowest BCUT2D eigenvalue weighted by atomic mass is 10.0. The first kappa shape index (κ1) is 95.1. The van der Waals surface area contributed by atoms with Gasteiger partial charge in [0.2, 0.25) is 0 Å². The van der Waals surface area contributed by atoms with Crippen molar-refractivity contribution in [3.8, 4) is 0 Å². The van der Waals surface area contributed by atoms with Crippen molar-refractivity contribution in [3.05, 3.63) is 0 Å². The molecule has 0 aromatic rings. The van der Waals surface area contributed by atoms with Gasteiger partial charge in [0.1, 0.15) is 19.3 Å². The van der Waals surface area contributed by atoms with Gasteiger partial charge in [-0.2, -0.15) is 0 Å². The Labute approximate surface area is 594 Å². The fourth-order valence-electron chi connectivity index (χ4n) is 11.9. The van der Waals surface area contributed by atoms with Gasteiger partial charge in [-0.3, -0.25) is 37.3 Å². The summed E-state index contributed by atoms with van der Waals surface area (Å²) in [7, 11) is -9.92. The second kappa shape index (κ2) is 67.2. The Bertz CT molecular complexity index is 1900. The van der Waals surface area contributed by atoms with E-state index < -0.39 is 97.5 Å². The molecule has 0 aliphatic heterocycles. The minimum atomic E-state index is -4.96. The van der Waals surface area contributed by atoms with Crippen LogP contribution in [0.2, 0.25) is 0 Å². The van der Waals surface area contributed by atoms with Gasteiger partial charge in [0.25, 0.3) is 0 Å². The van der Waals surface area contributed by atoms with Gasteiger partial charge in [-0.15, -0.1) is 0 Å². The predicted octanol–water partition coefficient (Wildman–Crippen LogP) is 22.8. The number of aliphatic hydroxyl groups is 1. The number of unbranched alkanes of at least 4 members (excludes halogenated alkanes) is 41. The minimum absolute atomic E-state index is 0.106. The van der Waals surface area contributed by atoms with Crippen molar-refractivity contribution in [1.82, 2.24) is 0 Å². The summed E-state index contributed by atoms with van der Waals surface area (Å²) in [5.41, 5.74) is 0. The summed E-state index contributed by atoms with van der Waals surface area (Å²) in [6.07, 6.45) is 52.6. The van der Waals surface area contributed by atoms with Crippen molar-refractivity contribution in [2.24, 2.45) is 23.7 Å². The van der Waals surface area contributed by atoms with Crippen LogP contribution in [0.1, 0.15) is 396 Å². The van der Waals surface area contributed by atoms with Crippen molar-refractivity contribution in [2.45, 2.75) is 414 Å². The fourth-order valence-corrected chi connectivity index (χ4v) is 13.5. The number of phosphoric ester groups is 2. The second-order valence-electron chi connectivity index (χ2n) is 30.0. The maximum atomic E-state index is 13.1. The smallest absolute Gasteiger partial charge is 0.462 e. The quantitative estimate of drug-likeness (QED) is 0.0222. The zero-order valence-corrected chi connectivity index (χ0v) is 65.5. The highest BCUT2D eigenvalue weighted by Gasteiger charge is 2.30. The maximum absolute atomic E-state index is 13.1. The molecule has 2 unspecified atom stereocenters. The molecule has 5 atom stereocenters. The van der Waals surface area contributed by atoms with E-state index in [1.807, 2.05) is 0 Å². The SMILES string of the molecule is CC(C)CCCCCCCCCCCCCCCCC(=O)O[C@H](COC(=O)CCCCCCCCCCCCCC(C)C)COP(=O)(O)OC[C@@H](O)COP(=O)(O)OC[C@@H](COC(=O)CCCCCCCCCCCC(C)C)OC(=O)CCCCCCCCCCCCCC(C)C. The number of phosphoric acid groups is 2. The Kier molecular flexibility index (Phi) is 65.9. The summed E-state index contributed by atoms with van der Waals surface area (Å²) in [4.78, 5) is 72.9. The molecule has 97 heavy (non-hydrogen) atoms. The Morgan fingerprint density at radius 1 is 0.258 bits per heavy atom. The normalized spacial score (nSPS) is 14.1. The van der Waals surface area contributed by atoms with Crippen molar-refractivity contribution >= 4 is 39.5 Å². The number of hydrogen-bond acceptors (Lipinski definition) is 15. The van der Waals surface area contributed by atoms with E-state index in [-0.39, 0.29) is 25.7 Å². The molecule has 19 heteroatoms. The molecule has 0 radical (unpaired) electrons. The predicted molar refractivity (Wildman–Crippen MR) is 395 cm³/mol. The number of rotatable bonds is 75. The van der Waals surface area contributed by atoms with Gasteiger partial charge in [0.05, 0.1) is 26.4 Å².